The Morgan fingerprint density at radius 2 is 1.60 bits per heavy atom. The maximum atomic E-state index is 14.7. The zero-order chi connectivity index (χ0) is 32.9. The number of rotatable bonds is 12. The van der Waals surface area contributed by atoms with Gasteiger partial charge in [-0.25, -0.2) is 0 Å². The van der Waals surface area contributed by atoms with Crippen molar-refractivity contribution in [3.05, 3.63) is 127 Å². The second-order valence-electron chi connectivity index (χ2n) is 12.8. The third-order valence-corrected chi connectivity index (χ3v) is 9.32. The summed E-state index contributed by atoms with van der Waals surface area (Å²) in [6, 6.07) is 33.5. The molecule has 2 aliphatic rings. The highest BCUT2D eigenvalue weighted by molar-refractivity contribution is 6.04. The Kier molecular flexibility index (Phi) is 9.52. The van der Waals surface area contributed by atoms with Crippen molar-refractivity contribution in [2.45, 2.75) is 45.2 Å². The lowest BCUT2D eigenvalue weighted by Gasteiger charge is -2.29. The number of nitrogens with two attached hydrogens (primary N) is 1. The molecule has 0 aromatic heterocycles. The molecule has 7 heteroatoms. The molecule has 0 spiro atoms. The maximum absolute atomic E-state index is 14.7. The number of para-hydroxylation sites is 3. The quantitative estimate of drug-likeness (QED) is 0.167. The minimum absolute atomic E-state index is 0.213. The fourth-order valence-corrected chi connectivity index (χ4v) is 6.59. The van der Waals surface area contributed by atoms with Crippen molar-refractivity contribution in [2.24, 2.45) is 23.5 Å². The zero-order valence-corrected chi connectivity index (χ0v) is 26.8. The number of primary amides is 1. The summed E-state index contributed by atoms with van der Waals surface area (Å²) >= 11 is 0. The van der Waals surface area contributed by atoms with Crippen molar-refractivity contribution in [1.82, 2.24) is 5.32 Å². The second-order valence-corrected chi connectivity index (χ2v) is 12.8. The van der Waals surface area contributed by atoms with Gasteiger partial charge in [0.15, 0.2) is 0 Å². The smallest absolute Gasteiger partial charge is 0.251 e. The van der Waals surface area contributed by atoms with Crippen LogP contribution in [0.5, 0.6) is 0 Å². The fraction of sp³-hybridized carbons (Fsp3) is 0.275. The van der Waals surface area contributed by atoms with E-state index in [-0.39, 0.29) is 18.4 Å². The van der Waals surface area contributed by atoms with Crippen LogP contribution in [0.2, 0.25) is 0 Å². The highest BCUT2D eigenvalue weighted by Crippen LogP contribution is 2.40. The van der Waals surface area contributed by atoms with Crippen LogP contribution in [-0.2, 0) is 20.9 Å². The Balaban J connectivity index is 1.37. The Morgan fingerprint density at radius 1 is 0.894 bits per heavy atom. The third kappa shape index (κ3) is 7.30. The minimum atomic E-state index is -0.880. The van der Waals surface area contributed by atoms with Crippen molar-refractivity contribution in [1.29, 1.82) is 0 Å². The largest absolute Gasteiger partial charge is 0.369 e. The van der Waals surface area contributed by atoms with Gasteiger partial charge in [-0.15, -0.1) is 6.58 Å². The van der Waals surface area contributed by atoms with Crippen LogP contribution in [0, 0.1) is 24.7 Å². The lowest BCUT2D eigenvalue weighted by Crippen LogP contribution is -2.54. The molecule has 47 heavy (non-hydrogen) atoms. The first-order valence-electron chi connectivity index (χ1n) is 16.4. The van der Waals surface area contributed by atoms with Gasteiger partial charge in [-0.1, -0.05) is 97.3 Å². The molecule has 1 aliphatic carbocycles. The van der Waals surface area contributed by atoms with Crippen molar-refractivity contribution < 1.29 is 14.4 Å². The van der Waals surface area contributed by atoms with E-state index in [4.69, 9.17) is 5.73 Å². The van der Waals surface area contributed by atoms with E-state index in [9.17, 15) is 14.4 Å². The molecule has 0 bridgehead atoms. The topological polar surface area (TPSA) is 95.7 Å². The van der Waals surface area contributed by atoms with Crippen molar-refractivity contribution >= 4 is 34.8 Å². The minimum Gasteiger partial charge on any atom is -0.369 e. The Bertz CT molecular complexity index is 1750. The molecule has 3 amide bonds. The molecule has 1 fully saturated rings. The van der Waals surface area contributed by atoms with Crippen LogP contribution in [0.4, 0.5) is 17.1 Å². The number of hydrogen-bond donors (Lipinski definition) is 2. The first kappa shape index (κ1) is 31.8. The standard InChI is InChI=1S/C40H42N4O3/c1-3-10-33(38(41)45)34(24-28-19-20-28)39(46)42-35-26-43(32-13-5-4-6-14-32)36-15-7-8-16-37(36)44(40(35)47)25-29-11-9-12-31(23-29)30-21-17-27(2)18-22-30/h3-9,11-18,21-23,28,33-35H,1,10,19-20,24-26H2,2H3,(H2,41,45)(H,42,46). The van der Waals surface area contributed by atoms with Gasteiger partial charge in [0.2, 0.25) is 11.8 Å². The number of amides is 3. The van der Waals surface area contributed by atoms with Gasteiger partial charge in [-0.3, -0.25) is 14.4 Å². The summed E-state index contributed by atoms with van der Waals surface area (Å²) in [4.78, 5) is 45.2. The van der Waals surface area contributed by atoms with Crippen LogP contribution in [0.1, 0.15) is 36.8 Å². The number of benzene rings is 4. The Morgan fingerprint density at radius 3 is 2.28 bits per heavy atom. The van der Waals surface area contributed by atoms with Gasteiger partial charge >= 0.3 is 0 Å². The first-order chi connectivity index (χ1) is 22.8. The van der Waals surface area contributed by atoms with E-state index >= 15 is 0 Å². The van der Waals surface area contributed by atoms with E-state index < -0.39 is 23.8 Å². The average Bonchev–Trinajstić information content (AvgIpc) is 3.92. The van der Waals surface area contributed by atoms with Gasteiger partial charge in [0.1, 0.15) is 6.04 Å². The molecule has 1 aliphatic heterocycles. The monoisotopic (exact) mass is 626 g/mol. The van der Waals surface area contributed by atoms with Crippen LogP contribution >= 0.6 is 0 Å². The van der Waals surface area contributed by atoms with E-state index in [0.29, 0.717) is 25.3 Å². The van der Waals surface area contributed by atoms with Gasteiger partial charge in [-0.05, 0) is 72.7 Å². The molecular formula is C40H42N4O3. The number of nitrogens with one attached hydrogen (secondary N) is 1. The molecule has 4 aromatic rings. The van der Waals surface area contributed by atoms with Gasteiger partial charge in [-0.2, -0.15) is 0 Å². The highest BCUT2D eigenvalue weighted by Gasteiger charge is 2.40. The number of carbonyl (C=O) groups is 3. The molecule has 0 radical (unpaired) electrons. The summed E-state index contributed by atoms with van der Waals surface area (Å²) in [5.41, 5.74) is 12.7. The predicted octanol–water partition coefficient (Wildman–Crippen LogP) is 6.93. The van der Waals surface area contributed by atoms with E-state index in [1.54, 1.807) is 11.0 Å². The van der Waals surface area contributed by atoms with E-state index in [0.717, 1.165) is 46.6 Å². The van der Waals surface area contributed by atoms with Crippen molar-refractivity contribution in [2.75, 3.05) is 16.3 Å². The third-order valence-electron chi connectivity index (χ3n) is 9.32. The molecule has 3 N–H and O–H groups in total. The molecule has 240 valence electrons. The lowest BCUT2D eigenvalue weighted by atomic mass is 9.84. The molecule has 3 unspecified atom stereocenters. The first-order valence-corrected chi connectivity index (χ1v) is 16.4. The number of hydrogen-bond acceptors (Lipinski definition) is 4. The lowest BCUT2D eigenvalue weighted by molar-refractivity contribution is -0.135. The molecule has 1 heterocycles. The van der Waals surface area contributed by atoms with Gasteiger partial charge in [0.25, 0.3) is 5.91 Å². The molecular weight excluding hydrogens is 584 g/mol. The van der Waals surface area contributed by atoms with E-state index in [2.05, 4.69) is 60.1 Å². The number of carbonyl (C=O) groups excluding carboxylic acids is 3. The summed E-state index contributed by atoms with van der Waals surface area (Å²) in [5, 5.41) is 3.11. The molecule has 1 saturated carbocycles. The Labute approximate surface area is 277 Å². The number of aryl methyl sites for hydroxylation is 1. The maximum Gasteiger partial charge on any atom is 0.251 e. The van der Waals surface area contributed by atoms with Gasteiger partial charge in [0, 0.05) is 5.69 Å². The van der Waals surface area contributed by atoms with Crippen LogP contribution in [-0.4, -0.2) is 30.3 Å². The van der Waals surface area contributed by atoms with Crippen LogP contribution in [0.15, 0.2) is 116 Å². The summed E-state index contributed by atoms with van der Waals surface area (Å²) in [7, 11) is 0. The normalized spacial score (nSPS) is 17.3. The van der Waals surface area contributed by atoms with Crippen LogP contribution in [0.25, 0.3) is 11.1 Å². The molecule has 6 rings (SSSR count). The number of fused-ring (bicyclic) bond motifs is 1. The summed E-state index contributed by atoms with van der Waals surface area (Å²) in [6.07, 6.45) is 4.56. The average molecular weight is 627 g/mol. The predicted molar refractivity (Wildman–Crippen MR) is 188 cm³/mol. The SMILES string of the molecule is C=CCC(C(N)=O)C(CC1CC1)C(=O)NC1CN(c2ccccc2)c2ccccc2N(Cc2cccc(-c3ccc(C)cc3)c2)C1=O. The number of nitrogens with zero attached hydrogens (tertiary/aromatic N) is 2. The Hall–Kier alpha value is -5.17. The van der Waals surface area contributed by atoms with E-state index in [1.165, 1.54) is 5.56 Å². The summed E-state index contributed by atoms with van der Waals surface area (Å²) < 4.78 is 0. The van der Waals surface area contributed by atoms with Crippen LogP contribution in [0.3, 0.4) is 0 Å². The second kappa shape index (κ2) is 14.1. The summed E-state index contributed by atoms with van der Waals surface area (Å²) in [6.45, 7) is 6.41. The van der Waals surface area contributed by atoms with Crippen molar-refractivity contribution in [3.8, 4) is 11.1 Å². The molecule has 0 saturated heterocycles. The fourth-order valence-electron chi connectivity index (χ4n) is 6.59. The molecule has 3 atom stereocenters. The highest BCUT2D eigenvalue weighted by atomic mass is 16.2. The van der Waals surface area contributed by atoms with Gasteiger partial charge < -0.3 is 20.9 Å². The number of anilines is 3. The zero-order valence-electron chi connectivity index (χ0n) is 26.8. The van der Waals surface area contributed by atoms with Crippen molar-refractivity contribution in [3.63, 3.8) is 0 Å². The summed E-state index contributed by atoms with van der Waals surface area (Å²) in [5.74, 6) is -2.00. The van der Waals surface area contributed by atoms with Gasteiger partial charge in [0.05, 0.1) is 36.3 Å². The molecule has 4 aromatic carbocycles. The van der Waals surface area contributed by atoms with Crippen LogP contribution < -0.4 is 20.9 Å². The number of allylic oxidation sites excluding steroid dienone is 1. The molecule has 7 nitrogen and oxygen atoms in total. The van der Waals surface area contributed by atoms with E-state index in [1.807, 2.05) is 66.7 Å².